The molecule has 0 spiro atoms. The van der Waals surface area contributed by atoms with Gasteiger partial charge in [0.05, 0.1) is 0 Å². The second kappa shape index (κ2) is 3.82. The Hall–Kier alpha value is -1.35. The molecule has 1 rings (SSSR count). The van der Waals surface area contributed by atoms with Gasteiger partial charge in [0.1, 0.15) is 11.5 Å². The van der Waals surface area contributed by atoms with Gasteiger partial charge in [-0.1, -0.05) is 31.6 Å². The number of ether oxygens (including phenoxy) is 2. The quantitative estimate of drug-likeness (QED) is 0.480. The third kappa shape index (κ3) is 3.84. The third-order valence-electron chi connectivity index (χ3n) is 1.75. The molecular formula is C9H9F5O3S. The molecule has 9 heteroatoms. The van der Waals surface area contributed by atoms with E-state index < -0.39 is 33.4 Å². The van der Waals surface area contributed by atoms with Crippen LogP contribution in [0.3, 0.4) is 0 Å². The fourth-order valence-electron chi connectivity index (χ4n) is 1.12. The molecule has 0 N–H and O–H groups in total. The molecule has 0 bridgehead atoms. The van der Waals surface area contributed by atoms with E-state index in [1.165, 1.54) is 0 Å². The van der Waals surface area contributed by atoms with Crippen LogP contribution in [-0.2, 0) is 9.53 Å². The van der Waals surface area contributed by atoms with Crippen molar-refractivity contribution in [2.45, 2.75) is 4.90 Å². The molecule has 0 aromatic heterocycles. The lowest BCUT2D eigenvalue weighted by Crippen LogP contribution is -2.17. The van der Waals surface area contributed by atoms with Crippen LogP contribution < -0.4 is 4.74 Å². The molecule has 0 aliphatic carbocycles. The number of esters is 1. The van der Waals surface area contributed by atoms with Gasteiger partial charge in [-0.2, -0.15) is 0 Å². The fraction of sp³-hybridized carbons (Fsp3) is 0.222. The van der Waals surface area contributed by atoms with Gasteiger partial charge in [0.2, 0.25) is 0 Å². The first kappa shape index (κ1) is 14.7. The van der Waals surface area contributed by atoms with E-state index in [1.54, 1.807) is 0 Å². The maximum atomic E-state index is 12.6. The number of hydrogen-bond acceptors (Lipinski definition) is 3. The summed E-state index contributed by atoms with van der Waals surface area (Å²) in [6.45, 7) is -0.644. The molecule has 0 heterocycles. The molecule has 0 radical (unpaired) electrons. The monoisotopic (exact) mass is 292 g/mol. The molecule has 0 amide bonds. The highest BCUT2D eigenvalue weighted by Crippen LogP contribution is 3.03. The van der Waals surface area contributed by atoms with Gasteiger partial charge in [-0.3, -0.25) is 0 Å². The van der Waals surface area contributed by atoms with E-state index in [1.807, 2.05) is 0 Å². The summed E-state index contributed by atoms with van der Waals surface area (Å²) in [5.41, 5.74) is 0. The number of methoxy groups -OCH3 is 1. The van der Waals surface area contributed by atoms with E-state index in [0.29, 0.717) is 6.07 Å². The fourth-order valence-corrected chi connectivity index (χ4v) is 1.95. The first-order valence-corrected chi connectivity index (χ1v) is 6.42. The molecule has 1 aromatic carbocycles. The SMILES string of the molecule is COCC(=O)Oc1ccccc1S(F)(F)(F)(F)F. The highest BCUT2D eigenvalue weighted by molar-refractivity contribution is 8.45. The maximum Gasteiger partial charge on any atom is 0.337 e. The number of carbonyl (C=O) groups is 1. The topological polar surface area (TPSA) is 35.5 Å². The zero-order valence-corrected chi connectivity index (χ0v) is 9.86. The van der Waals surface area contributed by atoms with Crippen molar-refractivity contribution in [1.29, 1.82) is 0 Å². The van der Waals surface area contributed by atoms with Crippen LogP contribution >= 0.6 is 10.2 Å². The second-order valence-corrected chi connectivity index (χ2v) is 5.70. The van der Waals surface area contributed by atoms with Crippen LogP contribution in [0, 0.1) is 0 Å². The van der Waals surface area contributed by atoms with E-state index in [0.717, 1.165) is 19.2 Å². The summed E-state index contributed by atoms with van der Waals surface area (Å²) >= 11 is 0. The van der Waals surface area contributed by atoms with Gasteiger partial charge in [0, 0.05) is 7.11 Å². The summed E-state index contributed by atoms with van der Waals surface area (Å²) < 4.78 is 71.6. The average Bonchev–Trinajstić information content (AvgIpc) is 2.14. The van der Waals surface area contributed by atoms with Gasteiger partial charge in [0.25, 0.3) is 0 Å². The van der Waals surface area contributed by atoms with E-state index in [-0.39, 0.29) is 6.07 Å². The van der Waals surface area contributed by atoms with Crippen molar-refractivity contribution >= 4 is 16.2 Å². The predicted octanol–water partition coefficient (Wildman–Crippen LogP) is 3.90. The molecule has 3 nitrogen and oxygen atoms in total. The Balaban J connectivity index is 3.22. The van der Waals surface area contributed by atoms with Gasteiger partial charge in [-0.15, -0.1) is 0 Å². The molecule has 0 aliphatic heterocycles. The summed E-state index contributed by atoms with van der Waals surface area (Å²) in [7, 11) is -8.79. The first-order valence-electron chi connectivity index (χ1n) is 4.47. The summed E-state index contributed by atoms with van der Waals surface area (Å²) in [6.07, 6.45) is 0. The van der Waals surface area contributed by atoms with Crippen molar-refractivity contribution in [2.75, 3.05) is 13.7 Å². The minimum Gasteiger partial charge on any atom is -0.423 e. The molecule has 0 atom stereocenters. The molecule has 0 fully saturated rings. The van der Waals surface area contributed by atoms with Crippen molar-refractivity contribution in [2.24, 2.45) is 0 Å². The highest BCUT2D eigenvalue weighted by Gasteiger charge is 2.67. The Morgan fingerprint density at radius 3 is 2.22 bits per heavy atom. The van der Waals surface area contributed by atoms with Crippen molar-refractivity contribution in [3.05, 3.63) is 24.3 Å². The van der Waals surface area contributed by atoms with E-state index >= 15 is 0 Å². The van der Waals surface area contributed by atoms with Crippen molar-refractivity contribution < 1.29 is 33.7 Å². The minimum absolute atomic E-state index is 0.164. The molecular weight excluding hydrogens is 283 g/mol. The van der Waals surface area contributed by atoms with E-state index in [9.17, 15) is 24.2 Å². The largest absolute Gasteiger partial charge is 0.423 e. The molecule has 0 saturated heterocycles. The smallest absolute Gasteiger partial charge is 0.337 e. The van der Waals surface area contributed by atoms with Gasteiger partial charge in [-0.05, 0) is 12.1 Å². The second-order valence-electron chi connectivity index (χ2n) is 3.32. The van der Waals surface area contributed by atoms with E-state index in [2.05, 4.69) is 9.47 Å². The molecule has 0 saturated carbocycles. The van der Waals surface area contributed by atoms with Crippen LogP contribution in [0.25, 0.3) is 0 Å². The summed E-state index contributed by atoms with van der Waals surface area (Å²) in [6, 6.07) is 2.63. The standard InChI is InChI=1S/C9H9F5O3S/c1-16-6-9(15)17-7-4-2-3-5-8(7)18(10,11,12,13)14/h2-5H,6H2,1H3. The van der Waals surface area contributed by atoms with Gasteiger partial charge < -0.3 is 9.47 Å². The maximum absolute atomic E-state index is 12.6. The van der Waals surface area contributed by atoms with Crippen LogP contribution in [0.15, 0.2) is 29.2 Å². The average molecular weight is 292 g/mol. The van der Waals surface area contributed by atoms with Crippen LogP contribution in [0.2, 0.25) is 0 Å². The first-order chi connectivity index (χ1) is 7.94. The number of hydrogen-bond donors (Lipinski definition) is 0. The van der Waals surface area contributed by atoms with Crippen LogP contribution in [0.5, 0.6) is 5.75 Å². The van der Waals surface area contributed by atoms with Crippen LogP contribution in [0.1, 0.15) is 0 Å². The molecule has 1 aromatic rings. The zero-order valence-electron chi connectivity index (χ0n) is 9.04. The normalized spacial score (nSPS) is 15.7. The summed E-state index contributed by atoms with van der Waals surface area (Å²) in [4.78, 5) is 8.72. The molecule has 104 valence electrons. The molecule has 18 heavy (non-hydrogen) atoms. The third-order valence-corrected chi connectivity index (χ3v) is 2.92. The zero-order chi connectivity index (χ0) is 14.1. The molecule has 0 unspecified atom stereocenters. The Bertz CT molecular complexity index is 470. The van der Waals surface area contributed by atoms with Crippen molar-refractivity contribution in [1.82, 2.24) is 0 Å². The number of rotatable bonds is 4. The van der Waals surface area contributed by atoms with E-state index in [4.69, 9.17) is 0 Å². The Morgan fingerprint density at radius 1 is 1.17 bits per heavy atom. The van der Waals surface area contributed by atoms with Crippen LogP contribution in [-0.4, -0.2) is 19.7 Å². The number of carbonyl (C=O) groups excluding carboxylic acids is 1. The number of halogens is 5. The van der Waals surface area contributed by atoms with Gasteiger partial charge in [0.15, 0.2) is 5.75 Å². The number of benzene rings is 1. The summed E-state index contributed by atoms with van der Waals surface area (Å²) in [5.74, 6) is -2.44. The Labute approximate surface area is 99.2 Å². The van der Waals surface area contributed by atoms with Crippen LogP contribution in [0.4, 0.5) is 19.4 Å². The van der Waals surface area contributed by atoms with Crippen molar-refractivity contribution in [3.63, 3.8) is 0 Å². The van der Waals surface area contributed by atoms with Crippen molar-refractivity contribution in [3.8, 4) is 5.75 Å². The lowest BCUT2D eigenvalue weighted by atomic mass is 10.3. The number of para-hydroxylation sites is 1. The highest BCUT2D eigenvalue weighted by atomic mass is 32.5. The van der Waals surface area contributed by atoms with Gasteiger partial charge in [-0.25, -0.2) is 4.79 Å². The lowest BCUT2D eigenvalue weighted by Gasteiger charge is -2.41. The predicted molar refractivity (Wildman–Crippen MR) is 55.4 cm³/mol. The lowest BCUT2D eigenvalue weighted by molar-refractivity contribution is -0.138. The minimum atomic E-state index is -9.90. The Morgan fingerprint density at radius 2 is 1.72 bits per heavy atom. The van der Waals surface area contributed by atoms with Gasteiger partial charge >= 0.3 is 16.2 Å². The molecule has 0 aliphatic rings. The Kier molecular flexibility index (Phi) is 3.12. The summed E-state index contributed by atoms with van der Waals surface area (Å²) in [5, 5.41) is 0.